The van der Waals surface area contributed by atoms with Crippen LogP contribution in [0.25, 0.3) is 0 Å². The molecule has 0 bridgehead atoms. The third-order valence-electron chi connectivity index (χ3n) is 2.30. The second kappa shape index (κ2) is 3.57. The molecule has 14 heavy (non-hydrogen) atoms. The zero-order valence-corrected chi connectivity index (χ0v) is 8.28. The van der Waals surface area contributed by atoms with Gasteiger partial charge in [-0.3, -0.25) is 9.59 Å². The van der Waals surface area contributed by atoms with Gasteiger partial charge in [-0.05, 0) is 20.3 Å². The van der Waals surface area contributed by atoms with Gasteiger partial charge in [0.05, 0.1) is 24.0 Å². The summed E-state index contributed by atoms with van der Waals surface area (Å²) in [6.45, 7) is 3.20. The second-order valence-electron chi connectivity index (χ2n) is 4.32. The molecule has 1 fully saturated rings. The molecule has 0 spiro atoms. The fourth-order valence-corrected chi connectivity index (χ4v) is 1.22. The fraction of sp³-hybridized carbons (Fsp3) is 0.778. The van der Waals surface area contributed by atoms with E-state index in [4.69, 9.17) is 10.2 Å². The van der Waals surface area contributed by atoms with Crippen LogP contribution in [0.5, 0.6) is 0 Å². The number of aliphatic carboxylic acids is 1. The molecule has 1 rings (SSSR count). The summed E-state index contributed by atoms with van der Waals surface area (Å²) >= 11 is 0. The smallest absolute Gasteiger partial charge is 0.307 e. The van der Waals surface area contributed by atoms with Gasteiger partial charge in [0.2, 0.25) is 5.91 Å². The number of hydrogen-bond acceptors (Lipinski definition) is 3. The molecule has 1 amide bonds. The lowest BCUT2D eigenvalue weighted by Crippen LogP contribution is -2.47. The Morgan fingerprint density at radius 1 is 1.43 bits per heavy atom. The molecule has 5 nitrogen and oxygen atoms in total. The van der Waals surface area contributed by atoms with Crippen molar-refractivity contribution in [1.29, 1.82) is 0 Å². The van der Waals surface area contributed by atoms with Crippen LogP contribution < -0.4 is 5.32 Å². The van der Waals surface area contributed by atoms with Crippen molar-refractivity contribution >= 4 is 11.9 Å². The molecule has 1 aliphatic rings. The Bertz CT molecular complexity index is 262. The molecule has 0 aromatic carbocycles. The first-order chi connectivity index (χ1) is 6.37. The standard InChI is InChI=1S/C9H15NO4/c1-9(2,4-11)10-7(12)5-3-6(5)8(13)14/h5-6,11H,3-4H2,1-2H3,(H,10,12)(H,13,14)/t5-,6+/m1/s1. The third kappa shape index (κ3) is 2.45. The number of carbonyl (C=O) groups is 2. The Balaban J connectivity index is 2.42. The molecule has 0 aromatic heterocycles. The number of carboxylic acids is 1. The van der Waals surface area contributed by atoms with E-state index < -0.39 is 23.3 Å². The number of aliphatic hydroxyl groups excluding tert-OH is 1. The fourth-order valence-electron chi connectivity index (χ4n) is 1.22. The topological polar surface area (TPSA) is 86.6 Å². The predicted octanol–water partition coefficient (Wildman–Crippen LogP) is -0.406. The molecule has 1 saturated carbocycles. The molecule has 0 heterocycles. The van der Waals surface area contributed by atoms with Crippen molar-refractivity contribution in [2.75, 3.05) is 6.61 Å². The average molecular weight is 201 g/mol. The molecule has 0 aromatic rings. The zero-order valence-electron chi connectivity index (χ0n) is 8.28. The molecular weight excluding hydrogens is 186 g/mol. The third-order valence-corrected chi connectivity index (χ3v) is 2.30. The van der Waals surface area contributed by atoms with E-state index in [2.05, 4.69) is 5.32 Å². The van der Waals surface area contributed by atoms with Crippen LogP contribution in [0.3, 0.4) is 0 Å². The number of hydrogen-bond donors (Lipinski definition) is 3. The molecule has 0 unspecified atom stereocenters. The number of carboxylic acid groups (broad SMARTS) is 1. The first-order valence-electron chi connectivity index (χ1n) is 4.53. The maximum Gasteiger partial charge on any atom is 0.307 e. The summed E-state index contributed by atoms with van der Waals surface area (Å²) in [6, 6.07) is 0. The van der Waals surface area contributed by atoms with Gasteiger partial charge in [0.1, 0.15) is 0 Å². The minimum Gasteiger partial charge on any atom is -0.481 e. The van der Waals surface area contributed by atoms with Crippen LogP contribution in [0.4, 0.5) is 0 Å². The van der Waals surface area contributed by atoms with E-state index in [1.54, 1.807) is 13.8 Å². The van der Waals surface area contributed by atoms with Gasteiger partial charge in [0.25, 0.3) is 0 Å². The highest BCUT2D eigenvalue weighted by Gasteiger charge is 2.49. The number of amides is 1. The van der Waals surface area contributed by atoms with E-state index in [0.29, 0.717) is 6.42 Å². The largest absolute Gasteiger partial charge is 0.481 e. The number of aliphatic hydroxyl groups is 1. The lowest BCUT2D eigenvalue weighted by atomic mass is 10.1. The monoisotopic (exact) mass is 201 g/mol. The highest BCUT2D eigenvalue weighted by atomic mass is 16.4. The summed E-state index contributed by atoms with van der Waals surface area (Å²) in [6.07, 6.45) is 0.405. The van der Waals surface area contributed by atoms with Crippen LogP contribution in [0.1, 0.15) is 20.3 Å². The van der Waals surface area contributed by atoms with Gasteiger partial charge in [-0.25, -0.2) is 0 Å². The molecule has 3 N–H and O–H groups in total. The first-order valence-corrected chi connectivity index (χ1v) is 4.53. The molecule has 0 radical (unpaired) electrons. The van der Waals surface area contributed by atoms with Gasteiger partial charge >= 0.3 is 5.97 Å². The van der Waals surface area contributed by atoms with Gasteiger partial charge < -0.3 is 15.5 Å². The van der Waals surface area contributed by atoms with Crippen molar-refractivity contribution in [2.24, 2.45) is 11.8 Å². The molecule has 0 saturated heterocycles. The lowest BCUT2D eigenvalue weighted by Gasteiger charge is -2.23. The van der Waals surface area contributed by atoms with Crippen molar-refractivity contribution in [3.8, 4) is 0 Å². The van der Waals surface area contributed by atoms with Crippen LogP contribution in [-0.4, -0.2) is 34.2 Å². The molecule has 80 valence electrons. The summed E-state index contributed by atoms with van der Waals surface area (Å²) in [5, 5.41) is 20.1. The number of rotatable bonds is 4. The van der Waals surface area contributed by atoms with Crippen molar-refractivity contribution in [2.45, 2.75) is 25.8 Å². The van der Waals surface area contributed by atoms with E-state index >= 15 is 0 Å². The van der Waals surface area contributed by atoms with E-state index in [0.717, 1.165) is 0 Å². The van der Waals surface area contributed by atoms with Crippen molar-refractivity contribution in [1.82, 2.24) is 5.32 Å². The molecule has 2 atom stereocenters. The zero-order chi connectivity index (χ0) is 10.9. The highest BCUT2D eigenvalue weighted by molar-refractivity contribution is 5.89. The predicted molar refractivity (Wildman–Crippen MR) is 48.5 cm³/mol. The first kappa shape index (κ1) is 11.0. The van der Waals surface area contributed by atoms with E-state index in [9.17, 15) is 9.59 Å². The average Bonchev–Trinajstić information content (AvgIpc) is 2.82. The minimum atomic E-state index is -0.924. The molecule has 0 aliphatic heterocycles. The summed E-state index contributed by atoms with van der Waals surface area (Å²) in [5.74, 6) is -2.16. The Morgan fingerprint density at radius 2 is 2.00 bits per heavy atom. The van der Waals surface area contributed by atoms with Gasteiger partial charge in [0, 0.05) is 0 Å². The van der Waals surface area contributed by atoms with Crippen LogP contribution in [-0.2, 0) is 9.59 Å². The van der Waals surface area contributed by atoms with Gasteiger partial charge in [-0.15, -0.1) is 0 Å². The highest BCUT2D eigenvalue weighted by Crippen LogP contribution is 2.38. The SMILES string of the molecule is CC(C)(CO)NC(=O)[C@@H]1C[C@@H]1C(=O)O. The van der Waals surface area contributed by atoms with Gasteiger partial charge in [-0.2, -0.15) is 0 Å². The van der Waals surface area contributed by atoms with E-state index in [-0.39, 0.29) is 12.5 Å². The maximum absolute atomic E-state index is 11.4. The molecular formula is C9H15NO4. The number of nitrogens with one attached hydrogen (secondary N) is 1. The van der Waals surface area contributed by atoms with Crippen LogP contribution in [0.2, 0.25) is 0 Å². The Hall–Kier alpha value is -1.10. The van der Waals surface area contributed by atoms with Crippen molar-refractivity contribution in [3.05, 3.63) is 0 Å². The summed E-state index contributed by atoms with van der Waals surface area (Å²) in [7, 11) is 0. The van der Waals surface area contributed by atoms with E-state index in [1.165, 1.54) is 0 Å². The number of carbonyl (C=O) groups excluding carboxylic acids is 1. The van der Waals surface area contributed by atoms with Crippen LogP contribution >= 0.6 is 0 Å². The van der Waals surface area contributed by atoms with Gasteiger partial charge in [-0.1, -0.05) is 0 Å². The minimum absolute atomic E-state index is 0.163. The second-order valence-corrected chi connectivity index (χ2v) is 4.32. The molecule has 5 heteroatoms. The Kier molecular flexibility index (Phi) is 2.80. The lowest BCUT2D eigenvalue weighted by molar-refractivity contribution is -0.140. The van der Waals surface area contributed by atoms with Gasteiger partial charge in [0.15, 0.2) is 0 Å². The maximum atomic E-state index is 11.4. The normalized spacial score (nSPS) is 25.6. The van der Waals surface area contributed by atoms with E-state index in [1.807, 2.05) is 0 Å². The quantitative estimate of drug-likeness (QED) is 0.577. The molecule has 1 aliphatic carbocycles. The van der Waals surface area contributed by atoms with Crippen LogP contribution in [0, 0.1) is 11.8 Å². The Morgan fingerprint density at radius 3 is 2.36 bits per heavy atom. The van der Waals surface area contributed by atoms with Crippen molar-refractivity contribution in [3.63, 3.8) is 0 Å². The Labute approximate surface area is 82.1 Å². The summed E-state index contributed by atoms with van der Waals surface area (Å²) < 4.78 is 0. The van der Waals surface area contributed by atoms with Crippen LogP contribution in [0.15, 0.2) is 0 Å². The van der Waals surface area contributed by atoms with Crippen molar-refractivity contribution < 1.29 is 19.8 Å². The summed E-state index contributed by atoms with van der Waals surface area (Å²) in [4.78, 5) is 21.9. The summed E-state index contributed by atoms with van der Waals surface area (Å²) in [5.41, 5.74) is -0.678.